The first kappa shape index (κ1) is 10.9. The molecule has 0 aromatic carbocycles. The van der Waals surface area contributed by atoms with Gasteiger partial charge in [-0.3, -0.25) is 4.79 Å². The molecular weight excluding hydrogens is 190 g/mol. The van der Waals surface area contributed by atoms with E-state index in [1.165, 1.54) is 19.3 Å². The van der Waals surface area contributed by atoms with Crippen LogP contribution in [0.2, 0.25) is 0 Å². The molecule has 0 N–H and O–H groups in total. The molecule has 0 saturated heterocycles. The molecule has 0 amide bonds. The molecule has 1 rings (SSSR count). The number of carbonyl (C=O) groups is 1. The summed E-state index contributed by atoms with van der Waals surface area (Å²) in [6.07, 6.45) is 0.940. The first-order valence-electron chi connectivity index (χ1n) is 4.40. The molecule has 4 heteroatoms. The molecule has 2 unspecified atom stereocenters. The highest BCUT2D eigenvalue weighted by molar-refractivity contribution is 5.83. The lowest BCUT2D eigenvalue weighted by Gasteiger charge is -2.19. The Morgan fingerprint density at radius 3 is 2.79 bits per heavy atom. The molecule has 1 aliphatic carbocycles. The van der Waals surface area contributed by atoms with Gasteiger partial charge in [-0.15, -0.1) is 0 Å². The maximum atomic E-state index is 13.3. The molecule has 2 atom stereocenters. The Morgan fingerprint density at radius 1 is 1.64 bits per heavy atom. The van der Waals surface area contributed by atoms with Crippen molar-refractivity contribution in [1.82, 2.24) is 0 Å². The monoisotopic (exact) mass is 202 g/mol. The van der Waals surface area contributed by atoms with E-state index in [1.807, 2.05) is 0 Å². The molecule has 0 radical (unpaired) electrons. The summed E-state index contributed by atoms with van der Waals surface area (Å²) in [5.74, 6) is -2.45. The minimum absolute atomic E-state index is 0.141. The average Bonchev–Trinajstić information content (AvgIpc) is 2.21. The topological polar surface area (TPSA) is 26.3 Å². The Balaban J connectivity index is 2.88. The zero-order valence-corrected chi connectivity index (χ0v) is 8.09. The minimum atomic E-state index is -1.90. The van der Waals surface area contributed by atoms with Crippen molar-refractivity contribution in [3.05, 3.63) is 23.7 Å². The summed E-state index contributed by atoms with van der Waals surface area (Å²) in [4.78, 5) is 11.2. The van der Waals surface area contributed by atoms with Crippen molar-refractivity contribution in [2.75, 3.05) is 7.11 Å². The number of halogens is 2. The van der Waals surface area contributed by atoms with E-state index in [0.717, 1.165) is 0 Å². The number of ether oxygens (including phenoxy) is 1. The molecule has 0 aromatic heterocycles. The second kappa shape index (κ2) is 4.35. The molecule has 14 heavy (non-hydrogen) atoms. The number of rotatable bonds is 3. The first-order valence-corrected chi connectivity index (χ1v) is 4.40. The lowest BCUT2D eigenvalue weighted by Crippen LogP contribution is -2.26. The molecule has 0 heterocycles. The van der Waals surface area contributed by atoms with Crippen LogP contribution in [0.5, 0.6) is 0 Å². The maximum absolute atomic E-state index is 13.3. The molecule has 2 nitrogen and oxygen atoms in total. The van der Waals surface area contributed by atoms with Gasteiger partial charge in [0.05, 0.1) is 13.0 Å². The van der Waals surface area contributed by atoms with Gasteiger partial charge in [-0.25, -0.2) is 8.78 Å². The van der Waals surface area contributed by atoms with Gasteiger partial charge in [0.15, 0.2) is 17.8 Å². The normalized spacial score (nSPS) is 26.6. The molecule has 78 valence electrons. The predicted octanol–water partition coefficient (Wildman–Crippen LogP) is 2.32. The summed E-state index contributed by atoms with van der Waals surface area (Å²) in [5, 5.41) is 0. The highest BCUT2D eigenvalue weighted by atomic mass is 19.2. The smallest absolute Gasteiger partial charge is 0.177 e. The van der Waals surface area contributed by atoms with E-state index < -0.39 is 17.9 Å². The second-order valence-corrected chi connectivity index (χ2v) is 3.02. The van der Waals surface area contributed by atoms with Gasteiger partial charge in [-0.2, -0.15) is 0 Å². The first-order chi connectivity index (χ1) is 6.61. The van der Waals surface area contributed by atoms with Crippen LogP contribution < -0.4 is 0 Å². The fourth-order valence-corrected chi connectivity index (χ4v) is 1.33. The van der Waals surface area contributed by atoms with Crippen molar-refractivity contribution in [2.45, 2.75) is 19.5 Å². The van der Waals surface area contributed by atoms with Crippen molar-refractivity contribution in [1.29, 1.82) is 0 Å². The van der Waals surface area contributed by atoms with E-state index in [0.29, 0.717) is 0 Å². The summed E-state index contributed by atoms with van der Waals surface area (Å²) < 4.78 is 31.1. The van der Waals surface area contributed by atoms with Crippen molar-refractivity contribution in [2.24, 2.45) is 5.92 Å². The van der Waals surface area contributed by atoms with Crippen LogP contribution in [0, 0.1) is 5.92 Å². The number of ketones is 1. The Hall–Kier alpha value is -1.19. The van der Waals surface area contributed by atoms with Crippen molar-refractivity contribution < 1.29 is 18.3 Å². The van der Waals surface area contributed by atoms with Gasteiger partial charge in [0.25, 0.3) is 0 Å². The third kappa shape index (κ3) is 1.84. The highest BCUT2D eigenvalue weighted by Gasteiger charge is 2.33. The van der Waals surface area contributed by atoms with Crippen LogP contribution in [-0.4, -0.2) is 19.1 Å². The van der Waals surface area contributed by atoms with Gasteiger partial charge in [-0.1, -0.05) is 13.0 Å². The number of Topliss-reactive ketones (excluding diaryl/α,β-unsaturated/α-hetero) is 1. The Kier molecular flexibility index (Phi) is 3.38. The van der Waals surface area contributed by atoms with E-state index in [2.05, 4.69) is 4.74 Å². The standard InChI is InChI=1S/C10H12F2O2/c1-3-7(13)6-4-5-8(14-2)10(12)9(6)11/h4-6,9H,3H2,1-2H3. The molecule has 0 fully saturated rings. The number of alkyl halides is 1. The quantitative estimate of drug-likeness (QED) is 0.702. The number of methoxy groups -OCH3 is 1. The lowest BCUT2D eigenvalue weighted by molar-refractivity contribution is -0.122. The van der Waals surface area contributed by atoms with Gasteiger partial charge >= 0.3 is 0 Å². The lowest BCUT2D eigenvalue weighted by atomic mass is 9.92. The van der Waals surface area contributed by atoms with Gasteiger partial charge < -0.3 is 4.74 Å². The minimum Gasteiger partial charge on any atom is -0.494 e. The van der Waals surface area contributed by atoms with Crippen LogP contribution in [-0.2, 0) is 9.53 Å². The maximum Gasteiger partial charge on any atom is 0.177 e. The van der Waals surface area contributed by atoms with Crippen LogP contribution in [0.4, 0.5) is 8.78 Å². The van der Waals surface area contributed by atoms with Gasteiger partial charge in [0, 0.05) is 6.42 Å². The van der Waals surface area contributed by atoms with E-state index in [9.17, 15) is 13.6 Å². The van der Waals surface area contributed by atoms with Crippen LogP contribution in [0.3, 0.4) is 0 Å². The third-order valence-electron chi connectivity index (χ3n) is 2.19. The molecule has 1 aliphatic rings. The van der Waals surface area contributed by atoms with E-state index in [-0.39, 0.29) is 18.0 Å². The van der Waals surface area contributed by atoms with E-state index >= 15 is 0 Å². The second-order valence-electron chi connectivity index (χ2n) is 3.02. The van der Waals surface area contributed by atoms with Crippen LogP contribution >= 0.6 is 0 Å². The van der Waals surface area contributed by atoms with E-state index in [4.69, 9.17) is 0 Å². The average molecular weight is 202 g/mol. The number of allylic oxidation sites excluding steroid dienone is 3. The largest absolute Gasteiger partial charge is 0.494 e. The third-order valence-corrected chi connectivity index (χ3v) is 2.19. The van der Waals surface area contributed by atoms with Gasteiger partial charge in [0.2, 0.25) is 0 Å². The van der Waals surface area contributed by atoms with E-state index in [1.54, 1.807) is 6.92 Å². The summed E-state index contributed by atoms with van der Waals surface area (Å²) in [6, 6.07) is 0. The molecule has 0 saturated carbocycles. The van der Waals surface area contributed by atoms with Crippen LogP contribution in [0.25, 0.3) is 0 Å². The molecule has 0 aliphatic heterocycles. The van der Waals surface area contributed by atoms with Gasteiger partial charge in [0.1, 0.15) is 5.78 Å². The summed E-state index contributed by atoms with van der Waals surface area (Å²) in [7, 11) is 1.26. The number of hydrogen-bond donors (Lipinski definition) is 0. The van der Waals surface area contributed by atoms with Gasteiger partial charge in [-0.05, 0) is 6.08 Å². The highest BCUT2D eigenvalue weighted by Crippen LogP contribution is 2.29. The summed E-state index contributed by atoms with van der Waals surface area (Å²) in [6.45, 7) is 1.62. The summed E-state index contributed by atoms with van der Waals surface area (Å²) in [5.41, 5.74) is 0. The molecular formula is C10H12F2O2. The zero-order chi connectivity index (χ0) is 10.7. The Bertz CT molecular complexity index is 294. The fourth-order valence-electron chi connectivity index (χ4n) is 1.33. The number of carbonyl (C=O) groups excluding carboxylic acids is 1. The van der Waals surface area contributed by atoms with Crippen molar-refractivity contribution in [3.63, 3.8) is 0 Å². The van der Waals surface area contributed by atoms with Crippen LogP contribution in [0.1, 0.15) is 13.3 Å². The molecule has 0 bridgehead atoms. The number of hydrogen-bond acceptors (Lipinski definition) is 2. The van der Waals surface area contributed by atoms with Crippen molar-refractivity contribution >= 4 is 5.78 Å². The van der Waals surface area contributed by atoms with Crippen LogP contribution in [0.15, 0.2) is 23.7 Å². The Labute approximate surface area is 81.2 Å². The Morgan fingerprint density at radius 2 is 2.29 bits per heavy atom. The zero-order valence-electron chi connectivity index (χ0n) is 8.09. The SMILES string of the molecule is CCC(=O)C1C=CC(OC)=C(F)C1F. The molecule has 0 aromatic rings. The van der Waals surface area contributed by atoms with Crippen molar-refractivity contribution in [3.8, 4) is 0 Å². The predicted molar refractivity (Wildman–Crippen MR) is 48.0 cm³/mol. The summed E-state index contributed by atoms with van der Waals surface area (Å²) >= 11 is 0. The fraction of sp³-hybridized carbons (Fsp3) is 0.500. The molecule has 0 spiro atoms.